The minimum absolute atomic E-state index is 0.0975. The van der Waals surface area contributed by atoms with Gasteiger partial charge in [-0.1, -0.05) is 0 Å². The van der Waals surface area contributed by atoms with Crippen LogP contribution in [0.4, 0.5) is 5.69 Å². The van der Waals surface area contributed by atoms with Gasteiger partial charge in [-0.05, 0) is 28.4 Å². The minimum atomic E-state index is -0.0975. The van der Waals surface area contributed by atoms with Crippen LogP contribution in [0, 0.1) is 0 Å². The van der Waals surface area contributed by atoms with Crippen LogP contribution >= 0.6 is 15.9 Å². The zero-order valence-electron chi connectivity index (χ0n) is 9.82. The molecule has 1 rings (SSSR count). The number of nitrogens with zero attached hydrogens (tertiary/aromatic N) is 1. The summed E-state index contributed by atoms with van der Waals surface area (Å²) < 4.78 is 12.3. The summed E-state index contributed by atoms with van der Waals surface area (Å²) in [5, 5.41) is 0. The van der Waals surface area contributed by atoms with E-state index in [1.165, 1.54) is 4.57 Å². The second-order valence-electron chi connectivity index (χ2n) is 3.58. The molecule has 0 aliphatic carbocycles. The monoisotopic (exact) mass is 304 g/mol. The van der Waals surface area contributed by atoms with Crippen LogP contribution in [0.25, 0.3) is 0 Å². The van der Waals surface area contributed by atoms with Crippen molar-refractivity contribution in [2.45, 2.75) is 13.0 Å². The molecule has 2 N–H and O–H groups in total. The topological polar surface area (TPSA) is 66.5 Å². The highest BCUT2D eigenvalue weighted by molar-refractivity contribution is 9.10. The van der Waals surface area contributed by atoms with E-state index in [0.29, 0.717) is 36.5 Å². The van der Waals surface area contributed by atoms with Crippen molar-refractivity contribution in [2.75, 3.05) is 32.7 Å². The third-order valence-corrected chi connectivity index (χ3v) is 2.75. The van der Waals surface area contributed by atoms with E-state index in [-0.39, 0.29) is 5.56 Å². The first-order valence-corrected chi connectivity index (χ1v) is 6.16. The zero-order chi connectivity index (χ0) is 12.7. The number of ether oxygens (including phenoxy) is 2. The van der Waals surface area contributed by atoms with E-state index < -0.39 is 0 Å². The van der Waals surface area contributed by atoms with Gasteiger partial charge in [-0.3, -0.25) is 4.79 Å². The van der Waals surface area contributed by atoms with E-state index in [1.54, 1.807) is 19.4 Å². The van der Waals surface area contributed by atoms with Gasteiger partial charge in [-0.25, -0.2) is 0 Å². The molecule has 1 aromatic rings. The smallest absolute Gasteiger partial charge is 0.265 e. The maximum atomic E-state index is 11.7. The Morgan fingerprint density at radius 3 is 2.88 bits per heavy atom. The molecule has 0 atom stereocenters. The van der Waals surface area contributed by atoms with Crippen LogP contribution in [0.3, 0.4) is 0 Å². The molecule has 5 nitrogen and oxygen atoms in total. The van der Waals surface area contributed by atoms with Crippen molar-refractivity contribution in [3.8, 4) is 0 Å². The molecule has 0 aliphatic heterocycles. The number of hydrogen-bond acceptors (Lipinski definition) is 4. The van der Waals surface area contributed by atoms with E-state index in [0.717, 1.165) is 6.42 Å². The fourth-order valence-electron chi connectivity index (χ4n) is 1.36. The number of hydrogen-bond donors (Lipinski definition) is 1. The third kappa shape index (κ3) is 4.89. The number of pyridine rings is 1. The Labute approximate surface area is 109 Å². The predicted octanol–water partition coefficient (Wildman–Crippen LogP) is 1.25. The molecule has 0 aliphatic rings. The molecule has 0 aromatic carbocycles. The molecule has 0 radical (unpaired) electrons. The number of rotatable bonds is 7. The lowest BCUT2D eigenvalue weighted by molar-refractivity contribution is 0.0972. The summed E-state index contributed by atoms with van der Waals surface area (Å²) in [6.45, 7) is 2.30. The van der Waals surface area contributed by atoms with Gasteiger partial charge in [0.2, 0.25) is 0 Å². The Balaban J connectivity index is 2.39. The van der Waals surface area contributed by atoms with Crippen LogP contribution in [0.1, 0.15) is 6.42 Å². The van der Waals surface area contributed by atoms with Gasteiger partial charge in [0.25, 0.3) is 5.56 Å². The Hall–Kier alpha value is -0.850. The Morgan fingerprint density at radius 1 is 1.41 bits per heavy atom. The Bertz CT molecular complexity index is 406. The number of methoxy groups -OCH3 is 1. The normalized spacial score (nSPS) is 10.7. The molecule has 0 spiro atoms. The SMILES string of the molecule is COCCCOCCn1cc(N)cc(Br)c1=O. The van der Waals surface area contributed by atoms with Crippen molar-refractivity contribution in [1.29, 1.82) is 0 Å². The van der Waals surface area contributed by atoms with Gasteiger partial charge in [0.05, 0.1) is 11.1 Å². The van der Waals surface area contributed by atoms with E-state index in [2.05, 4.69) is 15.9 Å². The summed E-state index contributed by atoms with van der Waals surface area (Å²) in [4.78, 5) is 11.7. The lowest BCUT2D eigenvalue weighted by atomic mass is 10.4. The average molecular weight is 305 g/mol. The van der Waals surface area contributed by atoms with Gasteiger partial charge in [0, 0.05) is 38.8 Å². The van der Waals surface area contributed by atoms with Crippen LogP contribution in [0.2, 0.25) is 0 Å². The van der Waals surface area contributed by atoms with Gasteiger partial charge < -0.3 is 19.8 Å². The van der Waals surface area contributed by atoms with Crippen molar-refractivity contribution >= 4 is 21.6 Å². The average Bonchev–Trinajstić information content (AvgIpc) is 2.29. The zero-order valence-corrected chi connectivity index (χ0v) is 11.4. The molecule has 0 unspecified atom stereocenters. The van der Waals surface area contributed by atoms with Crippen LogP contribution in [0.5, 0.6) is 0 Å². The molecule has 6 heteroatoms. The second-order valence-corrected chi connectivity index (χ2v) is 4.43. The van der Waals surface area contributed by atoms with Crippen molar-refractivity contribution in [2.24, 2.45) is 0 Å². The first kappa shape index (κ1) is 14.2. The van der Waals surface area contributed by atoms with Crippen molar-refractivity contribution in [3.63, 3.8) is 0 Å². The maximum Gasteiger partial charge on any atom is 0.265 e. The molecule has 0 fully saturated rings. The van der Waals surface area contributed by atoms with Crippen molar-refractivity contribution < 1.29 is 9.47 Å². The van der Waals surface area contributed by atoms with E-state index in [4.69, 9.17) is 15.2 Å². The van der Waals surface area contributed by atoms with E-state index in [9.17, 15) is 4.79 Å². The number of halogens is 1. The van der Waals surface area contributed by atoms with Crippen molar-refractivity contribution in [1.82, 2.24) is 4.57 Å². The molecule has 0 bridgehead atoms. The van der Waals surface area contributed by atoms with Crippen LogP contribution in [0.15, 0.2) is 21.5 Å². The predicted molar refractivity (Wildman–Crippen MR) is 70.1 cm³/mol. The number of nitrogen functional groups attached to an aromatic ring is 1. The van der Waals surface area contributed by atoms with Gasteiger partial charge in [-0.15, -0.1) is 0 Å². The van der Waals surface area contributed by atoms with Gasteiger partial charge in [-0.2, -0.15) is 0 Å². The number of nitrogens with two attached hydrogens (primary N) is 1. The van der Waals surface area contributed by atoms with E-state index in [1.807, 2.05) is 0 Å². The quantitative estimate of drug-likeness (QED) is 0.770. The number of aromatic nitrogens is 1. The molecule has 0 saturated heterocycles. The summed E-state index contributed by atoms with van der Waals surface area (Å²) in [5.74, 6) is 0. The highest BCUT2D eigenvalue weighted by Gasteiger charge is 2.02. The molecular weight excluding hydrogens is 288 g/mol. The molecule has 96 valence electrons. The minimum Gasteiger partial charge on any atom is -0.398 e. The van der Waals surface area contributed by atoms with Gasteiger partial charge >= 0.3 is 0 Å². The van der Waals surface area contributed by atoms with Crippen LogP contribution < -0.4 is 11.3 Å². The molecule has 0 amide bonds. The third-order valence-electron chi connectivity index (χ3n) is 2.18. The first-order chi connectivity index (χ1) is 8.15. The lowest BCUT2D eigenvalue weighted by Crippen LogP contribution is -2.23. The van der Waals surface area contributed by atoms with E-state index >= 15 is 0 Å². The molecular formula is C11H17BrN2O3. The maximum absolute atomic E-state index is 11.7. The Morgan fingerprint density at radius 2 is 2.18 bits per heavy atom. The molecule has 1 aromatic heterocycles. The molecule has 17 heavy (non-hydrogen) atoms. The highest BCUT2D eigenvalue weighted by atomic mass is 79.9. The Kier molecular flexibility index (Phi) is 6.25. The molecule has 0 saturated carbocycles. The number of anilines is 1. The fraction of sp³-hybridized carbons (Fsp3) is 0.545. The standard InChI is InChI=1S/C11H17BrN2O3/c1-16-4-2-5-17-6-3-14-8-9(13)7-10(12)11(14)15/h7-8H,2-6,13H2,1H3. The highest BCUT2D eigenvalue weighted by Crippen LogP contribution is 2.07. The summed E-state index contributed by atoms with van der Waals surface area (Å²) in [7, 11) is 1.66. The van der Waals surface area contributed by atoms with Crippen molar-refractivity contribution in [3.05, 3.63) is 27.1 Å². The van der Waals surface area contributed by atoms with Crippen LogP contribution in [-0.4, -0.2) is 31.5 Å². The first-order valence-electron chi connectivity index (χ1n) is 5.37. The summed E-state index contributed by atoms with van der Waals surface area (Å²) in [5.41, 5.74) is 6.11. The summed E-state index contributed by atoms with van der Waals surface area (Å²) >= 11 is 3.17. The second kappa shape index (κ2) is 7.47. The summed E-state index contributed by atoms with van der Waals surface area (Å²) in [6.07, 6.45) is 2.47. The van der Waals surface area contributed by atoms with Crippen LogP contribution in [-0.2, 0) is 16.0 Å². The lowest BCUT2D eigenvalue weighted by Gasteiger charge is -2.08. The molecule has 1 heterocycles. The van der Waals surface area contributed by atoms with Gasteiger partial charge in [0.15, 0.2) is 0 Å². The fourth-order valence-corrected chi connectivity index (χ4v) is 1.85. The largest absolute Gasteiger partial charge is 0.398 e. The van der Waals surface area contributed by atoms with Gasteiger partial charge in [0.1, 0.15) is 0 Å². The summed E-state index contributed by atoms with van der Waals surface area (Å²) in [6, 6.07) is 1.60.